The minimum absolute atomic E-state index is 0.00537. The highest BCUT2D eigenvalue weighted by atomic mass is 35.5. The maximum Gasteiger partial charge on any atom is 0.262 e. The minimum Gasteiger partial charge on any atom is -0.497 e. The van der Waals surface area contributed by atoms with Gasteiger partial charge in [-0.1, -0.05) is 11.6 Å². The van der Waals surface area contributed by atoms with Crippen molar-refractivity contribution in [1.82, 2.24) is 15.0 Å². The average Bonchev–Trinajstić information content (AvgIpc) is 3.35. The Morgan fingerprint density at radius 3 is 2.66 bits per heavy atom. The van der Waals surface area contributed by atoms with Crippen LogP contribution in [0, 0.1) is 6.92 Å². The summed E-state index contributed by atoms with van der Waals surface area (Å²) in [6.45, 7) is 2.56. The number of carbonyl (C=O) groups excluding carboxylic acids is 2. The van der Waals surface area contributed by atoms with Gasteiger partial charge in [0, 0.05) is 28.2 Å². The molecule has 168 valence electrons. The maximum atomic E-state index is 13.4. The molecule has 0 radical (unpaired) electrons. The van der Waals surface area contributed by atoms with Crippen molar-refractivity contribution in [1.29, 1.82) is 0 Å². The summed E-state index contributed by atoms with van der Waals surface area (Å²) >= 11 is 5.98. The standard InChI is InChI=1S/C24H26ClN3O4/c1-15-20(13-23(30)26-27-11-3-4-18(27)14-29)21-12-19(32-2)9-10-22(21)28(15)24(31)16-5-7-17(25)8-6-16/h5-10,12,18,29H,3-4,11,13-14H2,1-2H3,(H,26,30). The first-order valence-corrected chi connectivity index (χ1v) is 11.0. The van der Waals surface area contributed by atoms with Gasteiger partial charge >= 0.3 is 0 Å². The van der Waals surface area contributed by atoms with E-state index < -0.39 is 0 Å². The number of nitrogens with zero attached hydrogens (tertiary/aromatic N) is 2. The summed E-state index contributed by atoms with van der Waals surface area (Å²) in [5.74, 6) is 0.269. The predicted molar refractivity (Wildman–Crippen MR) is 123 cm³/mol. The number of methoxy groups -OCH3 is 1. The van der Waals surface area contributed by atoms with Gasteiger partial charge in [0.1, 0.15) is 5.75 Å². The molecule has 0 aliphatic carbocycles. The number of hydrogen-bond donors (Lipinski definition) is 2. The smallest absolute Gasteiger partial charge is 0.262 e. The third-order valence-corrected chi connectivity index (χ3v) is 6.28. The predicted octanol–water partition coefficient (Wildman–Crippen LogP) is 3.33. The summed E-state index contributed by atoms with van der Waals surface area (Å²) < 4.78 is 7.01. The molecule has 8 heteroatoms. The lowest BCUT2D eigenvalue weighted by Crippen LogP contribution is -2.47. The molecule has 2 aromatic carbocycles. The van der Waals surface area contributed by atoms with Crippen molar-refractivity contribution < 1.29 is 19.4 Å². The van der Waals surface area contributed by atoms with Crippen LogP contribution < -0.4 is 10.2 Å². The molecule has 1 aromatic heterocycles. The van der Waals surface area contributed by atoms with Crippen LogP contribution in [0.3, 0.4) is 0 Å². The number of fused-ring (bicyclic) bond motifs is 1. The van der Waals surface area contributed by atoms with Gasteiger partial charge in [0.05, 0.1) is 31.7 Å². The van der Waals surface area contributed by atoms with Crippen molar-refractivity contribution in [2.45, 2.75) is 32.2 Å². The first-order valence-electron chi connectivity index (χ1n) is 10.6. The Bertz CT molecular complexity index is 1160. The number of rotatable bonds is 6. The molecule has 2 heterocycles. The molecule has 1 aliphatic rings. The monoisotopic (exact) mass is 455 g/mol. The molecule has 3 aromatic rings. The largest absolute Gasteiger partial charge is 0.497 e. The molecule has 7 nitrogen and oxygen atoms in total. The lowest BCUT2D eigenvalue weighted by atomic mass is 10.1. The number of halogens is 1. The van der Waals surface area contributed by atoms with Crippen molar-refractivity contribution in [3.63, 3.8) is 0 Å². The van der Waals surface area contributed by atoms with E-state index in [1.54, 1.807) is 47.0 Å². The maximum absolute atomic E-state index is 13.4. The topological polar surface area (TPSA) is 83.8 Å². The lowest BCUT2D eigenvalue weighted by Gasteiger charge is -2.23. The number of aliphatic hydroxyl groups excluding tert-OH is 1. The van der Waals surface area contributed by atoms with Crippen molar-refractivity contribution >= 4 is 34.3 Å². The van der Waals surface area contributed by atoms with Gasteiger partial charge in [-0.3, -0.25) is 19.6 Å². The van der Waals surface area contributed by atoms with Crippen molar-refractivity contribution in [3.8, 4) is 5.75 Å². The zero-order chi connectivity index (χ0) is 22.8. The van der Waals surface area contributed by atoms with Gasteiger partial charge in [0.2, 0.25) is 5.91 Å². The molecule has 32 heavy (non-hydrogen) atoms. The van der Waals surface area contributed by atoms with E-state index in [4.69, 9.17) is 16.3 Å². The molecule has 4 rings (SSSR count). The Balaban J connectivity index is 1.71. The Hall–Kier alpha value is -2.87. The molecule has 1 fully saturated rings. The molecule has 1 saturated heterocycles. The van der Waals surface area contributed by atoms with Gasteiger partial charge in [-0.2, -0.15) is 0 Å². The fourth-order valence-electron chi connectivity index (χ4n) is 4.33. The van der Waals surface area contributed by atoms with Gasteiger partial charge in [0.15, 0.2) is 0 Å². The van der Waals surface area contributed by atoms with Crippen LogP contribution in [0.1, 0.15) is 34.5 Å². The van der Waals surface area contributed by atoms with Gasteiger partial charge in [0.25, 0.3) is 5.91 Å². The number of aliphatic hydroxyl groups is 1. The second kappa shape index (κ2) is 9.32. The molecule has 0 saturated carbocycles. The van der Waals surface area contributed by atoms with E-state index in [1.165, 1.54) is 0 Å². The van der Waals surface area contributed by atoms with Crippen LogP contribution in [0.2, 0.25) is 5.02 Å². The van der Waals surface area contributed by atoms with Gasteiger partial charge in [-0.25, -0.2) is 5.01 Å². The molecule has 1 amide bonds. The summed E-state index contributed by atoms with van der Waals surface area (Å²) in [6.07, 6.45) is 1.88. The summed E-state index contributed by atoms with van der Waals surface area (Å²) in [5.41, 5.74) is 5.59. The number of aromatic nitrogens is 1. The quantitative estimate of drug-likeness (QED) is 0.595. The Kier molecular flexibility index (Phi) is 6.50. The van der Waals surface area contributed by atoms with Crippen LogP contribution in [0.5, 0.6) is 5.75 Å². The van der Waals surface area contributed by atoms with E-state index in [0.29, 0.717) is 34.1 Å². The molecule has 2 N–H and O–H groups in total. The second-order valence-electron chi connectivity index (χ2n) is 7.98. The third-order valence-electron chi connectivity index (χ3n) is 6.03. The second-order valence-corrected chi connectivity index (χ2v) is 8.41. The molecule has 0 bridgehead atoms. The van der Waals surface area contributed by atoms with E-state index in [2.05, 4.69) is 5.43 Å². The third kappa shape index (κ3) is 4.24. The lowest BCUT2D eigenvalue weighted by molar-refractivity contribution is -0.126. The van der Waals surface area contributed by atoms with Gasteiger partial charge in [-0.15, -0.1) is 0 Å². The van der Waals surface area contributed by atoms with Crippen molar-refractivity contribution in [2.75, 3.05) is 20.3 Å². The normalized spacial score (nSPS) is 16.4. The van der Waals surface area contributed by atoms with Crippen LogP contribution in [-0.4, -0.2) is 52.8 Å². The van der Waals surface area contributed by atoms with E-state index in [9.17, 15) is 14.7 Å². The number of hydrogen-bond acceptors (Lipinski definition) is 5. The van der Waals surface area contributed by atoms with Crippen molar-refractivity contribution in [3.05, 3.63) is 64.3 Å². The van der Waals surface area contributed by atoms with Gasteiger partial charge in [-0.05, 0) is 67.8 Å². The average molecular weight is 456 g/mol. The van der Waals surface area contributed by atoms with E-state index in [-0.39, 0.29) is 30.9 Å². The zero-order valence-electron chi connectivity index (χ0n) is 18.1. The Morgan fingerprint density at radius 2 is 1.97 bits per heavy atom. The molecular formula is C24H26ClN3O4. The van der Waals surface area contributed by atoms with E-state index >= 15 is 0 Å². The first kappa shape index (κ1) is 22.3. The summed E-state index contributed by atoms with van der Waals surface area (Å²) in [7, 11) is 1.58. The Morgan fingerprint density at radius 1 is 1.22 bits per heavy atom. The summed E-state index contributed by atoms with van der Waals surface area (Å²) in [5, 5.41) is 12.7. The SMILES string of the molecule is COc1ccc2c(c1)c(CC(=O)NN1CCCC1CO)c(C)n2C(=O)c1ccc(Cl)cc1. The molecule has 1 unspecified atom stereocenters. The zero-order valence-corrected chi connectivity index (χ0v) is 18.9. The summed E-state index contributed by atoms with van der Waals surface area (Å²) in [4.78, 5) is 26.3. The van der Waals surface area contributed by atoms with Crippen LogP contribution in [-0.2, 0) is 11.2 Å². The molecular weight excluding hydrogens is 430 g/mol. The van der Waals surface area contributed by atoms with Crippen LogP contribution in [0.25, 0.3) is 10.9 Å². The Labute approximate surface area is 191 Å². The molecule has 1 aliphatic heterocycles. The molecule has 1 atom stereocenters. The number of amides is 1. The highest BCUT2D eigenvalue weighted by Gasteiger charge is 2.27. The first-order chi connectivity index (χ1) is 15.4. The minimum atomic E-state index is -0.194. The fourth-order valence-corrected chi connectivity index (χ4v) is 4.45. The van der Waals surface area contributed by atoms with Gasteiger partial charge < -0.3 is 9.84 Å². The fraction of sp³-hybridized carbons (Fsp3) is 0.333. The van der Waals surface area contributed by atoms with Crippen LogP contribution >= 0.6 is 11.6 Å². The molecule has 0 spiro atoms. The van der Waals surface area contributed by atoms with E-state index in [1.807, 2.05) is 19.1 Å². The highest BCUT2D eigenvalue weighted by molar-refractivity contribution is 6.30. The highest BCUT2D eigenvalue weighted by Crippen LogP contribution is 2.31. The van der Waals surface area contributed by atoms with Crippen molar-refractivity contribution in [2.24, 2.45) is 0 Å². The number of nitrogens with one attached hydrogen (secondary N) is 1. The van der Waals surface area contributed by atoms with E-state index in [0.717, 1.165) is 23.8 Å². The number of ether oxygens (including phenoxy) is 1. The number of benzene rings is 2. The van der Waals surface area contributed by atoms with Crippen LogP contribution in [0.15, 0.2) is 42.5 Å². The van der Waals surface area contributed by atoms with Crippen LogP contribution in [0.4, 0.5) is 0 Å². The summed E-state index contributed by atoms with van der Waals surface area (Å²) in [6, 6.07) is 12.2. The number of carbonyl (C=O) groups is 2. The number of hydrazine groups is 1.